The number of pyridine rings is 1. The molecule has 4 nitrogen and oxygen atoms in total. The van der Waals surface area contributed by atoms with Gasteiger partial charge in [-0.2, -0.15) is 0 Å². The summed E-state index contributed by atoms with van der Waals surface area (Å²) in [5.74, 6) is -0.314. The molecule has 3 rings (SSSR count). The van der Waals surface area contributed by atoms with Crippen molar-refractivity contribution in [2.75, 3.05) is 11.1 Å². The number of hydrogen-bond donors (Lipinski definition) is 2. The smallest absolute Gasteiger partial charge is 0.257 e. The van der Waals surface area contributed by atoms with Crippen molar-refractivity contribution in [1.29, 1.82) is 0 Å². The van der Waals surface area contributed by atoms with Crippen LogP contribution in [0.4, 0.5) is 11.4 Å². The molecule has 0 unspecified atom stereocenters. The number of amides is 1. The number of aromatic nitrogens is 1. The van der Waals surface area contributed by atoms with E-state index in [1.54, 1.807) is 30.5 Å². The summed E-state index contributed by atoms with van der Waals surface area (Å²) in [4.78, 5) is 16.6. The normalized spacial score (nSPS) is 10.5. The largest absolute Gasteiger partial charge is 0.399 e. The maximum atomic E-state index is 12.4. The van der Waals surface area contributed by atoms with Gasteiger partial charge in [0.05, 0.1) is 21.8 Å². The molecule has 0 saturated heterocycles. The van der Waals surface area contributed by atoms with E-state index in [0.717, 1.165) is 10.9 Å². The monoisotopic (exact) mass is 297 g/mol. The molecule has 1 aromatic heterocycles. The molecule has 1 heterocycles. The Morgan fingerprint density at radius 3 is 2.81 bits per heavy atom. The number of nitrogens with two attached hydrogens (primary N) is 1. The summed E-state index contributed by atoms with van der Waals surface area (Å²) in [6.45, 7) is 0. The summed E-state index contributed by atoms with van der Waals surface area (Å²) < 4.78 is 0. The number of rotatable bonds is 2. The highest BCUT2D eigenvalue weighted by molar-refractivity contribution is 6.34. The predicted molar refractivity (Wildman–Crippen MR) is 85.6 cm³/mol. The summed E-state index contributed by atoms with van der Waals surface area (Å²) in [6, 6.07) is 14.2. The lowest BCUT2D eigenvalue weighted by atomic mass is 10.1. The highest BCUT2D eigenvalue weighted by Gasteiger charge is 2.12. The Labute approximate surface area is 126 Å². The van der Waals surface area contributed by atoms with Crippen molar-refractivity contribution in [3.63, 3.8) is 0 Å². The fraction of sp³-hybridized carbons (Fsp3) is 0. The molecular weight excluding hydrogens is 286 g/mol. The molecule has 0 aliphatic heterocycles. The first-order valence-electron chi connectivity index (χ1n) is 6.35. The topological polar surface area (TPSA) is 68.0 Å². The van der Waals surface area contributed by atoms with Crippen molar-refractivity contribution < 1.29 is 4.79 Å². The number of nitrogen functional groups attached to an aromatic ring is 1. The lowest BCUT2D eigenvalue weighted by Gasteiger charge is -2.09. The van der Waals surface area contributed by atoms with Gasteiger partial charge < -0.3 is 11.1 Å². The van der Waals surface area contributed by atoms with Crippen LogP contribution < -0.4 is 11.1 Å². The van der Waals surface area contributed by atoms with Crippen LogP contribution in [0, 0.1) is 0 Å². The standard InChI is InChI=1S/C16H12ClN3O/c17-13-7-6-11(18)9-12(13)16(21)20-14-5-1-3-10-4-2-8-19-15(10)14/h1-9H,18H2,(H,20,21). The highest BCUT2D eigenvalue weighted by atomic mass is 35.5. The van der Waals surface area contributed by atoms with Crippen LogP contribution in [0.1, 0.15) is 10.4 Å². The van der Waals surface area contributed by atoms with Crippen molar-refractivity contribution in [2.24, 2.45) is 0 Å². The van der Waals surface area contributed by atoms with Crippen LogP contribution in [0.25, 0.3) is 10.9 Å². The van der Waals surface area contributed by atoms with E-state index in [4.69, 9.17) is 17.3 Å². The van der Waals surface area contributed by atoms with Gasteiger partial charge in [0.15, 0.2) is 0 Å². The van der Waals surface area contributed by atoms with Gasteiger partial charge in [-0.1, -0.05) is 29.8 Å². The summed E-state index contributed by atoms with van der Waals surface area (Å²) in [5, 5.41) is 4.14. The number of para-hydroxylation sites is 1. The molecule has 0 aliphatic carbocycles. The molecule has 5 heteroatoms. The molecule has 104 valence electrons. The Hall–Kier alpha value is -2.59. The van der Waals surface area contributed by atoms with Crippen LogP contribution in [0.5, 0.6) is 0 Å². The first kappa shape index (κ1) is 13.4. The molecule has 21 heavy (non-hydrogen) atoms. The van der Waals surface area contributed by atoms with Gasteiger partial charge in [-0.25, -0.2) is 0 Å². The Morgan fingerprint density at radius 1 is 1.14 bits per heavy atom. The van der Waals surface area contributed by atoms with Crippen LogP contribution in [0.3, 0.4) is 0 Å². The molecule has 1 amide bonds. The molecule has 3 aromatic rings. The maximum absolute atomic E-state index is 12.4. The van der Waals surface area contributed by atoms with Crippen LogP contribution in [-0.2, 0) is 0 Å². The van der Waals surface area contributed by atoms with E-state index in [9.17, 15) is 4.79 Å². The van der Waals surface area contributed by atoms with Gasteiger partial charge in [0.1, 0.15) is 0 Å². The minimum absolute atomic E-state index is 0.314. The predicted octanol–water partition coefficient (Wildman–Crippen LogP) is 3.72. The van der Waals surface area contributed by atoms with Crippen molar-refractivity contribution in [3.05, 3.63) is 65.3 Å². The van der Waals surface area contributed by atoms with E-state index in [0.29, 0.717) is 22.0 Å². The maximum Gasteiger partial charge on any atom is 0.257 e. The van der Waals surface area contributed by atoms with E-state index >= 15 is 0 Å². The summed E-state index contributed by atoms with van der Waals surface area (Å²) in [6.07, 6.45) is 1.69. The Balaban J connectivity index is 1.99. The number of carbonyl (C=O) groups is 1. The second-order valence-electron chi connectivity index (χ2n) is 4.57. The van der Waals surface area contributed by atoms with Gasteiger partial charge in [0.25, 0.3) is 5.91 Å². The zero-order chi connectivity index (χ0) is 14.8. The van der Waals surface area contributed by atoms with Gasteiger partial charge in [-0.3, -0.25) is 9.78 Å². The van der Waals surface area contributed by atoms with Crippen LogP contribution in [-0.4, -0.2) is 10.9 Å². The van der Waals surface area contributed by atoms with Gasteiger partial charge in [-0.05, 0) is 30.3 Å². The van der Waals surface area contributed by atoms with E-state index in [1.807, 2.05) is 24.3 Å². The lowest BCUT2D eigenvalue weighted by molar-refractivity contribution is 0.102. The second kappa shape index (κ2) is 5.42. The number of fused-ring (bicyclic) bond motifs is 1. The molecule has 0 spiro atoms. The quantitative estimate of drug-likeness (QED) is 0.708. The second-order valence-corrected chi connectivity index (χ2v) is 4.98. The third-order valence-corrected chi connectivity index (χ3v) is 3.45. The van der Waals surface area contributed by atoms with E-state index in [2.05, 4.69) is 10.3 Å². The number of nitrogens with one attached hydrogen (secondary N) is 1. The fourth-order valence-corrected chi connectivity index (χ4v) is 2.31. The van der Waals surface area contributed by atoms with Gasteiger partial charge in [0, 0.05) is 17.3 Å². The molecular formula is C16H12ClN3O. The zero-order valence-corrected chi connectivity index (χ0v) is 11.8. The number of halogens is 1. The summed E-state index contributed by atoms with van der Waals surface area (Å²) >= 11 is 6.04. The molecule has 0 atom stereocenters. The Bertz CT molecular complexity index is 827. The molecule has 3 N–H and O–H groups in total. The van der Waals surface area contributed by atoms with E-state index in [-0.39, 0.29) is 5.91 Å². The SMILES string of the molecule is Nc1ccc(Cl)c(C(=O)Nc2cccc3cccnc23)c1. The van der Waals surface area contributed by atoms with Crippen LogP contribution >= 0.6 is 11.6 Å². The lowest BCUT2D eigenvalue weighted by Crippen LogP contribution is -2.13. The Kier molecular flexibility index (Phi) is 3.46. The van der Waals surface area contributed by atoms with Gasteiger partial charge in [0.2, 0.25) is 0 Å². The number of nitrogens with zero attached hydrogens (tertiary/aromatic N) is 1. The average Bonchev–Trinajstić information content (AvgIpc) is 2.50. The van der Waals surface area contributed by atoms with Gasteiger partial charge in [-0.15, -0.1) is 0 Å². The van der Waals surface area contributed by atoms with Gasteiger partial charge >= 0.3 is 0 Å². The molecule has 0 aliphatic rings. The molecule has 2 aromatic carbocycles. The number of carbonyl (C=O) groups excluding carboxylic acids is 1. The van der Waals surface area contributed by atoms with E-state index < -0.39 is 0 Å². The Morgan fingerprint density at radius 2 is 1.95 bits per heavy atom. The van der Waals surface area contributed by atoms with Crippen molar-refractivity contribution >= 4 is 39.8 Å². The van der Waals surface area contributed by atoms with Crippen molar-refractivity contribution in [1.82, 2.24) is 4.98 Å². The first-order valence-corrected chi connectivity index (χ1v) is 6.73. The third-order valence-electron chi connectivity index (χ3n) is 3.12. The van der Waals surface area contributed by atoms with Crippen LogP contribution in [0.15, 0.2) is 54.7 Å². The fourth-order valence-electron chi connectivity index (χ4n) is 2.11. The average molecular weight is 298 g/mol. The number of anilines is 2. The molecule has 0 radical (unpaired) electrons. The number of hydrogen-bond acceptors (Lipinski definition) is 3. The molecule has 0 bridgehead atoms. The van der Waals surface area contributed by atoms with E-state index in [1.165, 1.54) is 0 Å². The zero-order valence-electron chi connectivity index (χ0n) is 11.0. The highest BCUT2D eigenvalue weighted by Crippen LogP contribution is 2.24. The molecule has 0 saturated carbocycles. The van der Waals surface area contributed by atoms with Crippen molar-refractivity contribution in [2.45, 2.75) is 0 Å². The minimum Gasteiger partial charge on any atom is -0.399 e. The summed E-state index contributed by atoms with van der Waals surface area (Å²) in [7, 11) is 0. The number of benzene rings is 2. The molecule has 0 fully saturated rings. The van der Waals surface area contributed by atoms with Crippen molar-refractivity contribution in [3.8, 4) is 0 Å². The van der Waals surface area contributed by atoms with Crippen LogP contribution in [0.2, 0.25) is 5.02 Å². The first-order chi connectivity index (χ1) is 10.1. The minimum atomic E-state index is -0.314. The third kappa shape index (κ3) is 2.66. The summed E-state index contributed by atoms with van der Waals surface area (Å²) in [5.41, 5.74) is 7.89.